The molecule has 0 spiro atoms. The van der Waals surface area contributed by atoms with Gasteiger partial charge in [0.15, 0.2) is 5.13 Å². The minimum Gasteiger partial charge on any atom is -0.298 e. The summed E-state index contributed by atoms with van der Waals surface area (Å²) >= 11 is 4.88. The number of nitrogens with zero attached hydrogens (tertiary/aromatic N) is 1. The second-order valence-corrected chi connectivity index (χ2v) is 5.87. The van der Waals surface area contributed by atoms with Gasteiger partial charge in [0.2, 0.25) is 0 Å². The summed E-state index contributed by atoms with van der Waals surface area (Å²) in [4.78, 5) is 17.6. The van der Waals surface area contributed by atoms with Gasteiger partial charge in [0.1, 0.15) is 0 Å². The molecule has 0 radical (unpaired) electrons. The molecular weight excluding hydrogens is 312 g/mol. The number of aromatic nitrogens is 1. The third kappa shape index (κ3) is 2.79. The first-order valence-corrected chi connectivity index (χ1v) is 7.25. The number of amides is 1. The van der Waals surface area contributed by atoms with E-state index in [0.717, 1.165) is 21.5 Å². The van der Waals surface area contributed by atoms with Crippen LogP contribution in [-0.4, -0.2) is 10.9 Å². The molecule has 1 aromatic heterocycles. The zero-order chi connectivity index (χ0) is 13.1. The van der Waals surface area contributed by atoms with Crippen LogP contribution in [0, 0.1) is 6.92 Å². The average Bonchev–Trinajstić information content (AvgIpc) is 2.69. The molecule has 18 heavy (non-hydrogen) atoms. The lowest BCUT2D eigenvalue weighted by Crippen LogP contribution is -2.12. The Morgan fingerprint density at radius 3 is 2.78 bits per heavy atom. The van der Waals surface area contributed by atoms with E-state index in [1.54, 1.807) is 6.07 Å². The Morgan fingerprint density at radius 1 is 1.44 bits per heavy atom. The first kappa shape index (κ1) is 13.2. The van der Waals surface area contributed by atoms with Crippen molar-refractivity contribution in [3.05, 3.63) is 44.9 Å². The SMILES string of the molecule is CCc1nc(NC(=O)c2ccccc2Br)sc1C. The smallest absolute Gasteiger partial charge is 0.258 e. The molecule has 0 saturated heterocycles. The van der Waals surface area contributed by atoms with E-state index in [1.807, 2.05) is 25.1 Å². The molecule has 0 aliphatic carbocycles. The van der Waals surface area contributed by atoms with E-state index in [1.165, 1.54) is 11.3 Å². The minimum absolute atomic E-state index is 0.140. The van der Waals surface area contributed by atoms with Crippen LogP contribution in [0.3, 0.4) is 0 Å². The molecule has 0 aliphatic rings. The summed E-state index contributed by atoms with van der Waals surface area (Å²) in [6.45, 7) is 4.08. The Balaban J connectivity index is 2.19. The van der Waals surface area contributed by atoms with Crippen LogP contribution in [0.15, 0.2) is 28.7 Å². The fourth-order valence-corrected chi connectivity index (χ4v) is 2.98. The van der Waals surface area contributed by atoms with Gasteiger partial charge in [-0.05, 0) is 41.4 Å². The number of aryl methyl sites for hydroxylation is 2. The van der Waals surface area contributed by atoms with Gasteiger partial charge in [-0.1, -0.05) is 19.1 Å². The lowest BCUT2D eigenvalue weighted by atomic mass is 10.2. The van der Waals surface area contributed by atoms with E-state index >= 15 is 0 Å². The maximum atomic E-state index is 12.1. The lowest BCUT2D eigenvalue weighted by molar-refractivity contribution is 0.102. The first-order valence-electron chi connectivity index (χ1n) is 5.64. The molecule has 2 rings (SSSR count). The third-order valence-corrected chi connectivity index (χ3v) is 4.19. The van der Waals surface area contributed by atoms with Crippen molar-refractivity contribution in [2.45, 2.75) is 20.3 Å². The van der Waals surface area contributed by atoms with E-state index in [-0.39, 0.29) is 5.91 Å². The highest BCUT2D eigenvalue weighted by atomic mass is 79.9. The molecular formula is C13H13BrN2OS. The topological polar surface area (TPSA) is 42.0 Å². The van der Waals surface area contributed by atoms with E-state index < -0.39 is 0 Å². The first-order chi connectivity index (χ1) is 8.61. The highest BCUT2D eigenvalue weighted by Crippen LogP contribution is 2.24. The molecule has 0 saturated carbocycles. The van der Waals surface area contributed by atoms with Crippen molar-refractivity contribution < 1.29 is 4.79 Å². The average molecular weight is 325 g/mol. The van der Waals surface area contributed by atoms with Crippen LogP contribution in [-0.2, 0) is 6.42 Å². The van der Waals surface area contributed by atoms with E-state index in [2.05, 4.69) is 33.2 Å². The van der Waals surface area contributed by atoms with Crippen LogP contribution in [0.25, 0.3) is 0 Å². The molecule has 1 amide bonds. The Kier molecular flexibility index (Phi) is 4.14. The van der Waals surface area contributed by atoms with Gasteiger partial charge in [-0.25, -0.2) is 4.98 Å². The Hall–Kier alpha value is -1.20. The number of halogens is 1. The van der Waals surface area contributed by atoms with Crippen LogP contribution >= 0.6 is 27.3 Å². The highest BCUT2D eigenvalue weighted by molar-refractivity contribution is 9.10. The summed E-state index contributed by atoms with van der Waals surface area (Å²) in [7, 11) is 0. The summed E-state index contributed by atoms with van der Waals surface area (Å²) in [5, 5.41) is 3.49. The normalized spacial score (nSPS) is 10.4. The predicted molar refractivity (Wildman–Crippen MR) is 78.3 cm³/mol. The number of anilines is 1. The van der Waals surface area contributed by atoms with Crippen molar-refractivity contribution in [2.24, 2.45) is 0 Å². The zero-order valence-electron chi connectivity index (χ0n) is 10.2. The van der Waals surface area contributed by atoms with Crippen molar-refractivity contribution in [3.63, 3.8) is 0 Å². The fraction of sp³-hybridized carbons (Fsp3) is 0.231. The number of thiazole rings is 1. The summed E-state index contributed by atoms with van der Waals surface area (Å²) in [6.07, 6.45) is 0.882. The highest BCUT2D eigenvalue weighted by Gasteiger charge is 2.12. The Morgan fingerprint density at radius 2 is 2.17 bits per heavy atom. The van der Waals surface area contributed by atoms with Crippen LogP contribution in [0.2, 0.25) is 0 Å². The molecule has 1 heterocycles. The second kappa shape index (κ2) is 5.63. The van der Waals surface area contributed by atoms with Gasteiger partial charge in [-0.2, -0.15) is 0 Å². The number of carbonyl (C=O) groups excluding carboxylic acids is 1. The van der Waals surface area contributed by atoms with Crippen LogP contribution in [0.1, 0.15) is 27.9 Å². The number of nitrogens with one attached hydrogen (secondary N) is 1. The molecule has 2 aromatic rings. The monoisotopic (exact) mass is 324 g/mol. The second-order valence-electron chi connectivity index (χ2n) is 3.81. The van der Waals surface area contributed by atoms with Gasteiger partial charge >= 0.3 is 0 Å². The standard InChI is InChI=1S/C13H13BrN2OS/c1-3-11-8(2)18-13(15-11)16-12(17)9-6-4-5-7-10(9)14/h4-7H,3H2,1-2H3,(H,15,16,17). The quantitative estimate of drug-likeness (QED) is 0.926. The van der Waals surface area contributed by atoms with Crippen molar-refractivity contribution in [2.75, 3.05) is 5.32 Å². The Labute approximate surface area is 118 Å². The predicted octanol–water partition coefficient (Wildman–Crippen LogP) is 4.03. The number of benzene rings is 1. The van der Waals surface area contributed by atoms with Crippen LogP contribution in [0.4, 0.5) is 5.13 Å². The summed E-state index contributed by atoms with van der Waals surface area (Å²) in [6, 6.07) is 7.34. The van der Waals surface area contributed by atoms with Gasteiger partial charge in [-0.15, -0.1) is 11.3 Å². The molecule has 1 aromatic carbocycles. The van der Waals surface area contributed by atoms with Gasteiger partial charge in [0.05, 0.1) is 11.3 Å². The van der Waals surface area contributed by atoms with Gasteiger partial charge in [0, 0.05) is 9.35 Å². The number of carbonyl (C=O) groups is 1. The molecule has 0 unspecified atom stereocenters. The number of rotatable bonds is 3. The van der Waals surface area contributed by atoms with Gasteiger partial charge in [-0.3, -0.25) is 10.1 Å². The Bertz CT molecular complexity index is 580. The summed E-state index contributed by atoms with van der Waals surface area (Å²) in [5.74, 6) is -0.140. The van der Waals surface area contributed by atoms with E-state index in [0.29, 0.717) is 10.7 Å². The molecule has 0 bridgehead atoms. The number of hydrogen-bond acceptors (Lipinski definition) is 3. The molecule has 5 heteroatoms. The summed E-state index contributed by atoms with van der Waals surface area (Å²) in [5.41, 5.74) is 1.66. The minimum atomic E-state index is -0.140. The molecule has 0 aliphatic heterocycles. The van der Waals surface area contributed by atoms with Crippen molar-refractivity contribution in [1.29, 1.82) is 0 Å². The van der Waals surface area contributed by atoms with E-state index in [4.69, 9.17) is 0 Å². The van der Waals surface area contributed by atoms with Crippen molar-refractivity contribution in [3.8, 4) is 0 Å². The maximum Gasteiger partial charge on any atom is 0.258 e. The molecule has 94 valence electrons. The molecule has 0 fully saturated rings. The molecule has 3 nitrogen and oxygen atoms in total. The largest absolute Gasteiger partial charge is 0.298 e. The number of hydrogen-bond donors (Lipinski definition) is 1. The van der Waals surface area contributed by atoms with Crippen molar-refractivity contribution in [1.82, 2.24) is 4.98 Å². The third-order valence-electron chi connectivity index (χ3n) is 2.57. The van der Waals surface area contributed by atoms with Gasteiger partial charge in [0.25, 0.3) is 5.91 Å². The zero-order valence-corrected chi connectivity index (χ0v) is 12.6. The fourth-order valence-electron chi connectivity index (χ4n) is 1.62. The van der Waals surface area contributed by atoms with Crippen LogP contribution in [0.5, 0.6) is 0 Å². The van der Waals surface area contributed by atoms with Crippen LogP contribution < -0.4 is 5.32 Å². The van der Waals surface area contributed by atoms with Crippen molar-refractivity contribution >= 4 is 38.3 Å². The maximum absolute atomic E-state index is 12.1. The summed E-state index contributed by atoms with van der Waals surface area (Å²) < 4.78 is 0.784. The van der Waals surface area contributed by atoms with E-state index in [9.17, 15) is 4.79 Å². The lowest BCUT2D eigenvalue weighted by Gasteiger charge is -2.03. The van der Waals surface area contributed by atoms with Gasteiger partial charge < -0.3 is 0 Å². The molecule has 1 N–H and O–H groups in total. The molecule has 0 atom stereocenters.